The molecule has 1 fully saturated rings. The Hall–Kier alpha value is -0.340. The molecule has 2 rings (SSSR count). The first kappa shape index (κ1) is 11.2. The van der Waals surface area contributed by atoms with Crippen molar-refractivity contribution in [3.63, 3.8) is 0 Å². The van der Waals surface area contributed by atoms with Crippen molar-refractivity contribution in [2.24, 2.45) is 5.92 Å². The van der Waals surface area contributed by atoms with Crippen molar-refractivity contribution in [3.8, 4) is 0 Å². The van der Waals surface area contributed by atoms with Crippen molar-refractivity contribution in [3.05, 3.63) is 34.3 Å². The summed E-state index contributed by atoms with van der Waals surface area (Å²) in [5, 5.41) is 3.51. The summed E-state index contributed by atoms with van der Waals surface area (Å²) in [6.07, 6.45) is 2.63. The molecule has 15 heavy (non-hydrogen) atoms. The van der Waals surface area contributed by atoms with E-state index in [9.17, 15) is 0 Å². The zero-order valence-electron chi connectivity index (χ0n) is 9.17. The van der Waals surface area contributed by atoms with Gasteiger partial charge < -0.3 is 5.32 Å². The zero-order valence-corrected chi connectivity index (χ0v) is 10.8. The molecule has 0 radical (unpaired) electrons. The summed E-state index contributed by atoms with van der Waals surface area (Å²) >= 11 is 3.48. The quantitative estimate of drug-likeness (QED) is 0.884. The van der Waals surface area contributed by atoms with Crippen molar-refractivity contribution in [1.82, 2.24) is 5.32 Å². The van der Waals surface area contributed by atoms with Gasteiger partial charge in [-0.05, 0) is 36.6 Å². The van der Waals surface area contributed by atoms with Gasteiger partial charge in [-0.3, -0.25) is 0 Å². The van der Waals surface area contributed by atoms with E-state index in [0.717, 1.165) is 18.4 Å². The summed E-state index contributed by atoms with van der Waals surface area (Å²) in [4.78, 5) is 0. The predicted octanol–water partition coefficient (Wildman–Crippen LogP) is 3.55. The zero-order chi connectivity index (χ0) is 10.7. The van der Waals surface area contributed by atoms with Crippen LogP contribution in [0.4, 0.5) is 0 Å². The van der Waals surface area contributed by atoms with Crippen molar-refractivity contribution in [2.45, 2.75) is 25.7 Å². The van der Waals surface area contributed by atoms with Gasteiger partial charge >= 0.3 is 0 Å². The number of nitrogens with one attached hydrogen (secondary N) is 1. The van der Waals surface area contributed by atoms with Gasteiger partial charge in [-0.25, -0.2) is 0 Å². The Kier molecular flexibility index (Phi) is 3.81. The van der Waals surface area contributed by atoms with E-state index in [1.807, 2.05) is 0 Å². The maximum absolute atomic E-state index is 3.51. The molecule has 1 heterocycles. The number of hydrogen-bond acceptors (Lipinski definition) is 1. The highest BCUT2D eigenvalue weighted by Gasteiger charge is 2.27. The topological polar surface area (TPSA) is 12.0 Å². The van der Waals surface area contributed by atoms with Crippen LogP contribution in [0, 0.1) is 5.92 Å². The van der Waals surface area contributed by atoms with Crippen LogP contribution in [0.2, 0.25) is 0 Å². The van der Waals surface area contributed by atoms with Crippen LogP contribution in [0.15, 0.2) is 28.7 Å². The van der Waals surface area contributed by atoms with Crippen LogP contribution in [0.3, 0.4) is 0 Å². The first-order valence-corrected chi connectivity index (χ1v) is 6.56. The first-order valence-electron chi connectivity index (χ1n) is 5.77. The number of hydrogen-bond donors (Lipinski definition) is 1. The largest absolute Gasteiger partial charge is 0.316 e. The second kappa shape index (κ2) is 5.13. The fourth-order valence-electron chi connectivity index (χ4n) is 2.51. The molecule has 1 N–H and O–H groups in total. The minimum absolute atomic E-state index is 0.720. The molecule has 2 atom stereocenters. The number of halogens is 1. The smallest absolute Gasteiger partial charge is 0.0175 e. The van der Waals surface area contributed by atoms with Crippen LogP contribution >= 0.6 is 15.9 Å². The molecule has 0 unspecified atom stereocenters. The van der Waals surface area contributed by atoms with Crippen LogP contribution in [0.5, 0.6) is 0 Å². The SMILES string of the molecule is CCC[C@H]1CNC[C@@H]1c1ccc(Br)cc1. The van der Waals surface area contributed by atoms with E-state index in [1.54, 1.807) is 0 Å². The molecule has 0 spiro atoms. The third kappa shape index (κ3) is 2.61. The lowest BCUT2D eigenvalue weighted by Gasteiger charge is -2.18. The van der Waals surface area contributed by atoms with Crippen molar-refractivity contribution in [2.75, 3.05) is 13.1 Å². The molecule has 1 aliphatic rings. The van der Waals surface area contributed by atoms with Crippen molar-refractivity contribution >= 4 is 15.9 Å². The highest BCUT2D eigenvalue weighted by Crippen LogP contribution is 2.31. The number of rotatable bonds is 3. The maximum atomic E-state index is 3.51. The molecule has 0 amide bonds. The van der Waals surface area contributed by atoms with Gasteiger partial charge in [0.15, 0.2) is 0 Å². The predicted molar refractivity (Wildman–Crippen MR) is 68.2 cm³/mol. The summed E-state index contributed by atoms with van der Waals surface area (Å²) in [5.74, 6) is 1.55. The summed E-state index contributed by atoms with van der Waals surface area (Å²) in [6, 6.07) is 8.81. The Bertz CT molecular complexity index is 307. The van der Waals surface area contributed by atoms with Gasteiger partial charge in [0.1, 0.15) is 0 Å². The third-order valence-electron chi connectivity index (χ3n) is 3.30. The molecule has 0 bridgehead atoms. The number of benzene rings is 1. The van der Waals surface area contributed by atoms with Gasteiger partial charge in [-0.2, -0.15) is 0 Å². The highest BCUT2D eigenvalue weighted by atomic mass is 79.9. The lowest BCUT2D eigenvalue weighted by atomic mass is 9.86. The molecular formula is C13H18BrN. The monoisotopic (exact) mass is 267 g/mol. The first-order chi connectivity index (χ1) is 7.31. The van der Waals surface area contributed by atoms with Gasteiger partial charge in [-0.1, -0.05) is 41.4 Å². The van der Waals surface area contributed by atoms with Gasteiger partial charge in [-0.15, -0.1) is 0 Å². The normalized spacial score (nSPS) is 25.7. The van der Waals surface area contributed by atoms with Gasteiger partial charge in [0, 0.05) is 16.9 Å². The Morgan fingerprint density at radius 1 is 1.27 bits per heavy atom. The summed E-state index contributed by atoms with van der Waals surface area (Å²) in [7, 11) is 0. The average molecular weight is 268 g/mol. The lowest BCUT2D eigenvalue weighted by Crippen LogP contribution is -2.10. The molecular weight excluding hydrogens is 250 g/mol. The highest BCUT2D eigenvalue weighted by molar-refractivity contribution is 9.10. The van der Waals surface area contributed by atoms with E-state index >= 15 is 0 Å². The second-order valence-electron chi connectivity index (χ2n) is 4.37. The fourth-order valence-corrected chi connectivity index (χ4v) is 2.77. The molecule has 0 aliphatic carbocycles. The van der Waals surface area contributed by atoms with E-state index in [1.165, 1.54) is 29.4 Å². The van der Waals surface area contributed by atoms with Gasteiger partial charge in [0.2, 0.25) is 0 Å². The van der Waals surface area contributed by atoms with E-state index in [-0.39, 0.29) is 0 Å². The van der Waals surface area contributed by atoms with Crippen molar-refractivity contribution < 1.29 is 0 Å². The van der Waals surface area contributed by atoms with E-state index in [2.05, 4.69) is 52.4 Å². The molecule has 1 aromatic rings. The van der Waals surface area contributed by atoms with E-state index < -0.39 is 0 Å². The van der Waals surface area contributed by atoms with Gasteiger partial charge in [0.25, 0.3) is 0 Å². The minimum Gasteiger partial charge on any atom is -0.316 e. The van der Waals surface area contributed by atoms with Crippen LogP contribution < -0.4 is 5.32 Å². The third-order valence-corrected chi connectivity index (χ3v) is 3.83. The summed E-state index contributed by atoms with van der Waals surface area (Å²) in [5.41, 5.74) is 1.49. The minimum atomic E-state index is 0.720. The lowest BCUT2D eigenvalue weighted by molar-refractivity contribution is 0.473. The van der Waals surface area contributed by atoms with Crippen LogP contribution in [-0.2, 0) is 0 Å². The van der Waals surface area contributed by atoms with Crippen LogP contribution in [0.25, 0.3) is 0 Å². The molecule has 1 saturated heterocycles. The van der Waals surface area contributed by atoms with Crippen LogP contribution in [-0.4, -0.2) is 13.1 Å². The summed E-state index contributed by atoms with van der Waals surface area (Å²) < 4.78 is 1.17. The molecule has 1 aliphatic heterocycles. The molecule has 82 valence electrons. The fraction of sp³-hybridized carbons (Fsp3) is 0.538. The molecule has 0 aromatic heterocycles. The Morgan fingerprint density at radius 2 is 2.00 bits per heavy atom. The Balaban J connectivity index is 2.11. The molecule has 1 nitrogen and oxygen atoms in total. The summed E-state index contributed by atoms with van der Waals surface area (Å²) in [6.45, 7) is 4.61. The maximum Gasteiger partial charge on any atom is 0.0175 e. The molecule has 0 saturated carbocycles. The molecule has 1 aromatic carbocycles. The van der Waals surface area contributed by atoms with E-state index in [4.69, 9.17) is 0 Å². The van der Waals surface area contributed by atoms with E-state index in [0.29, 0.717) is 0 Å². The Labute approximate surface area is 100 Å². The second-order valence-corrected chi connectivity index (χ2v) is 5.28. The average Bonchev–Trinajstić information content (AvgIpc) is 2.68. The van der Waals surface area contributed by atoms with Crippen molar-refractivity contribution in [1.29, 1.82) is 0 Å². The molecule has 2 heteroatoms. The van der Waals surface area contributed by atoms with Crippen LogP contribution in [0.1, 0.15) is 31.2 Å². The Morgan fingerprint density at radius 3 is 2.67 bits per heavy atom. The van der Waals surface area contributed by atoms with Gasteiger partial charge in [0.05, 0.1) is 0 Å². The standard InChI is InChI=1S/C13H18BrN/c1-2-3-11-8-15-9-13(11)10-4-6-12(14)7-5-10/h4-7,11,13,15H,2-3,8-9H2,1H3/t11-,13+/m0/s1.